The highest BCUT2D eigenvalue weighted by atomic mass is 35.5. The summed E-state index contributed by atoms with van der Waals surface area (Å²) in [5, 5.41) is 2.86. The van der Waals surface area contributed by atoms with Crippen LogP contribution < -0.4 is 14.8 Å². The molecule has 6 nitrogen and oxygen atoms in total. The number of carbonyl (C=O) groups is 1. The molecule has 0 saturated heterocycles. The lowest BCUT2D eigenvalue weighted by Gasteiger charge is -2.16. The third-order valence-corrected chi connectivity index (χ3v) is 6.74. The maximum atomic E-state index is 12.9. The molecule has 2 N–H and O–H groups in total. The van der Waals surface area contributed by atoms with Crippen LogP contribution in [0.4, 0.5) is 5.69 Å². The van der Waals surface area contributed by atoms with Crippen LogP contribution in [0, 0.1) is 5.92 Å². The second kappa shape index (κ2) is 8.19. The summed E-state index contributed by atoms with van der Waals surface area (Å²) in [7, 11) is -2.65. The molecule has 150 valence electrons. The monoisotopic (exact) mass is 442 g/mol. The molecule has 1 amide bonds. The largest absolute Gasteiger partial charge is 0.495 e. The molecule has 0 aliphatic heterocycles. The number of carbonyl (C=O) groups excluding carboxylic acids is 1. The van der Waals surface area contributed by atoms with Gasteiger partial charge in [-0.2, -0.15) is 0 Å². The van der Waals surface area contributed by atoms with E-state index in [2.05, 4.69) is 10.0 Å². The van der Waals surface area contributed by atoms with Crippen molar-refractivity contribution < 1.29 is 17.9 Å². The number of hydrogen-bond acceptors (Lipinski definition) is 4. The van der Waals surface area contributed by atoms with E-state index in [1.807, 2.05) is 6.92 Å². The number of amides is 1. The van der Waals surface area contributed by atoms with Crippen LogP contribution in [0.3, 0.4) is 0 Å². The molecule has 0 heterocycles. The Morgan fingerprint density at radius 3 is 2.50 bits per heavy atom. The maximum Gasteiger partial charge on any atom is 0.263 e. The number of sulfonamides is 1. The van der Waals surface area contributed by atoms with Crippen molar-refractivity contribution in [3.63, 3.8) is 0 Å². The standard InChI is InChI=1S/C19H20Cl2N2O4S/c1-11(12-7-8-12)22-19(24)13-9-18(15(21)10-14(13)20)28(25,26)23-16-5-3-4-6-17(16)27-2/h3-6,9-12,23H,7-8H2,1-2H3,(H,22,24). The van der Waals surface area contributed by atoms with Crippen LogP contribution in [0.5, 0.6) is 5.75 Å². The van der Waals surface area contributed by atoms with E-state index in [9.17, 15) is 13.2 Å². The molecule has 1 atom stereocenters. The number of rotatable bonds is 7. The molecule has 0 aromatic heterocycles. The van der Waals surface area contributed by atoms with Gasteiger partial charge in [-0.15, -0.1) is 0 Å². The number of anilines is 1. The van der Waals surface area contributed by atoms with E-state index in [-0.39, 0.29) is 32.2 Å². The van der Waals surface area contributed by atoms with Gasteiger partial charge in [0.25, 0.3) is 15.9 Å². The van der Waals surface area contributed by atoms with E-state index in [1.54, 1.807) is 24.3 Å². The first kappa shape index (κ1) is 20.8. The predicted molar refractivity (Wildman–Crippen MR) is 110 cm³/mol. The smallest absolute Gasteiger partial charge is 0.263 e. The molecule has 9 heteroatoms. The van der Waals surface area contributed by atoms with Crippen molar-refractivity contribution in [2.75, 3.05) is 11.8 Å². The summed E-state index contributed by atoms with van der Waals surface area (Å²) in [6, 6.07) is 9.02. The number of hydrogen-bond donors (Lipinski definition) is 2. The second-order valence-corrected chi connectivity index (χ2v) is 9.13. The average Bonchev–Trinajstić information content (AvgIpc) is 3.46. The Labute approximate surface area is 174 Å². The van der Waals surface area contributed by atoms with Crippen molar-refractivity contribution in [2.24, 2.45) is 5.92 Å². The van der Waals surface area contributed by atoms with Crippen LogP contribution in [0.1, 0.15) is 30.1 Å². The van der Waals surface area contributed by atoms with Gasteiger partial charge in [0.15, 0.2) is 0 Å². The minimum atomic E-state index is -4.08. The van der Waals surface area contributed by atoms with E-state index in [1.165, 1.54) is 19.2 Å². The molecule has 0 bridgehead atoms. The summed E-state index contributed by atoms with van der Waals surface area (Å²) >= 11 is 12.3. The molecule has 0 spiro atoms. The Balaban J connectivity index is 1.93. The summed E-state index contributed by atoms with van der Waals surface area (Å²) in [6.45, 7) is 1.92. The molecular weight excluding hydrogens is 423 g/mol. The molecule has 1 unspecified atom stereocenters. The lowest BCUT2D eigenvalue weighted by molar-refractivity contribution is 0.0936. The molecule has 1 aliphatic carbocycles. The number of halogens is 2. The highest BCUT2D eigenvalue weighted by molar-refractivity contribution is 7.92. The van der Waals surface area contributed by atoms with Crippen LogP contribution in [0.15, 0.2) is 41.3 Å². The Kier molecular flexibility index (Phi) is 6.07. The van der Waals surface area contributed by atoms with E-state index >= 15 is 0 Å². The van der Waals surface area contributed by atoms with Crippen molar-refractivity contribution in [1.82, 2.24) is 5.32 Å². The normalized spacial score (nSPS) is 15.0. The first-order valence-electron chi connectivity index (χ1n) is 8.68. The minimum absolute atomic E-state index is 0.00833. The predicted octanol–water partition coefficient (Wildman–Crippen LogP) is 4.33. The zero-order valence-corrected chi connectivity index (χ0v) is 17.7. The van der Waals surface area contributed by atoms with E-state index in [0.29, 0.717) is 11.7 Å². The van der Waals surface area contributed by atoms with Gasteiger partial charge < -0.3 is 10.1 Å². The minimum Gasteiger partial charge on any atom is -0.495 e. The molecule has 2 aromatic carbocycles. The molecule has 0 radical (unpaired) electrons. The lowest BCUT2D eigenvalue weighted by Crippen LogP contribution is -2.34. The first-order chi connectivity index (χ1) is 13.2. The number of ether oxygens (including phenoxy) is 1. The van der Waals surface area contributed by atoms with Gasteiger partial charge in [-0.1, -0.05) is 35.3 Å². The molecule has 3 rings (SSSR count). The Morgan fingerprint density at radius 2 is 1.86 bits per heavy atom. The molecule has 1 saturated carbocycles. The number of benzene rings is 2. The van der Waals surface area contributed by atoms with Gasteiger partial charge in [-0.3, -0.25) is 9.52 Å². The number of nitrogens with one attached hydrogen (secondary N) is 2. The summed E-state index contributed by atoms with van der Waals surface area (Å²) in [4.78, 5) is 12.3. The van der Waals surface area contributed by atoms with E-state index in [0.717, 1.165) is 12.8 Å². The van der Waals surface area contributed by atoms with Crippen LogP contribution in [-0.2, 0) is 10.0 Å². The number of methoxy groups -OCH3 is 1. The summed E-state index contributed by atoms with van der Waals surface area (Å²) in [5.41, 5.74) is 0.309. The highest BCUT2D eigenvalue weighted by Crippen LogP contribution is 2.34. The van der Waals surface area contributed by atoms with E-state index < -0.39 is 15.9 Å². The highest BCUT2D eigenvalue weighted by Gasteiger charge is 2.30. The SMILES string of the molecule is COc1ccccc1NS(=O)(=O)c1cc(C(=O)NC(C)C2CC2)c(Cl)cc1Cl. The number of para-hydroxylation sites is 2. The first-order valence-corrected chi connectivity index (χ1v) is 10.9. The Hall–Kier alpha value is -1.96. The third kappa shape index (κ3) is 4.54. The molecule has 1 fully saturated rings. The summed E-state index contributed by atoms with van der Waals surface area (Å²) < 4.78 is 33.4. The third-order valence-electron chi connectivity index (χ3n) is 4.59. The van der Waals surface area contributed by atoms with Crippen LogP contribution in [0.25, 0.3) is 0 Å². The second-order valence-electron chi connectivity index (χ2n) is 6.67. The van der Waals surface area contributed by atoms with Crippen molar-refractivity contribution in [1.29, 1.82) is 0 Å². The van der Waals surface area contributed by atoms with Crippen molar-refractivity contribution >= 4 is 44.8 Å². The Bertz CT molecular complexity index is 1010. The molecule has 2 aromatic rings. The lowest BCUT2D eigenvalue weighted by atomic mass is 10.1. The fourth-order valence-corrected chi connectivity index (χ4v) is 4.77. The molecule has 28 heavy (non-hydrogen) atoms. The fraction of sp³-hybridized carbons (Fsp3) is 0.316. The van der Waals surface area contributed by atoms with Gasteiger partial charge in [0.2, 0.25) is 0 Å². The van der Waals surface area contributed by atoms with Crippen molar-refractivity contribution in [3.8, 4) is 5.75 Å². The van der Waals surface area contributed by atoms with Gasteiger partial charge in [0.05, 0.1) is 28.4 Å². The van der Waals surface area contributed by atoms with Crippen LogP contribution in [0.2, 0.25) is 10.0 Å². The fourth-order valence-electron chi connectivity index (χ4n) is 2.84. The molecular formula is C19H20Cl2N2O4S. The topological polar surface area (TPSA) is 84.5 Å². The Morgan fingerprint density at radius 1 is 1.18 bits per heavy atom. The van der Waals surface area contributed by atoms with Gasteiger partial charge in [0.1, 0.15) is 10.6 Å². The van der Waals surface area contributed by atoms with Crippen LogP contribution in [-0.4, -0.2) is 27.5 Å². The van der Waals surface area contributed by atoms with Gasteiger partial charge in [-0.05, 0) is 49.9 Å². The van der Waals surface area contributed by atoms with Gasteiger partial charge >= 0.3 is 0 Å². The zero-order chi connectivity index (χ0) is 20.5. The van der Waals surface area contributed by atoms with Gasteiger partial charge in [0, 0.05) is 6.04 Å². The zero-order valence-electron chi connectivity index (χ0n) is 15.3. The van der Waals surface area contributed by atoms with E-state index in [4.69, 9.17) is 27.9 Å². The van der Waals surface area contributed by atoms with Crippen LogP contribution >= 0.6 is 23.2 Å². The quantitative estimate of drug-likeness (QED) is 0.667. The molecule has 1 aliphatic rings. The summed E-state index contributed by atoms with van der Waals surface area (Å²) in [6.07, 6.45) is 2.14. The van der Waals surface area contributed by atoms with Crippen molar-refractivity contribution in [3.05, 3.63) is 52.0 Å². The summed E-state index contributed by atoms with van der Waals surface area (Å²) in [5.74, 6) is 0.368. The average molecular weight is 443 g/mol. The van der Waals surface area contributed by atoms with Crippen molar-refractivity contribution in [2.45, 2.75) is 30.7 Å². The van der Waals surface area contributed by atoms with Gasteiger partial charge in [-0.25, -0.2) is 8.42 Å². The maximum absolute atomic E-state index is 12.9.